The average molecular weight is 369 g/mol. The Morgan fingerprint density at radius 3 is 2.62 bits per heavy atom. The number of methoxy groups -OCH3 is 1. The molecule has 1 aromatic heterocycles. The highest BCUT2D eigenvalue weighted by Crippen LogP contribution is 2.28. The van der Waals surface area contributed by atoms with Gasteiger partial charge in [0.25, 0.3) is 0 Å². The van der Waals surface area contributed by atoms with Gasteiger partial charge in [0.15, 0.2) is 11.5 Å². The Hall–Kier alpha value is -2.37. The van der Waals surface area contributed by atoms with Crippen LogP contribution in [-0.4, -0.2) is 18.6 Å². The molecule has 4 nitrogen and oxygen atoms in total. The van der Waals surface area contributed by atoms with Gasteiger partial charge in [-0.1, -0.05) is 36.4 Å². The van der Waals surface area contributed by atoms with Gasteiger partial charge in [-0.3, -0.25) is 0 Å². The number of aromatic nitrogens is 1. The molecule has 0 amide bonds. The van der Waals surface area contributed by atoms with Crippen molar-refractivity contribution in [3.63, 3.8) is 0 Å². The molecule has 5 heteroatoms. The maximum absolute atomic E-state index is 5.90. The highest BCUT2D eigenvalue weighted by Gasteiger charge is 2.06. The smallest absolute Gasteiger partial charge is 0.161 e. The van der Waals surface area contributed by atoms with Gasteiger partial charge >= 0.3 is 0 Å². The van der Waals surface area contributed by atoms with E-state index in [2.05, 4.69) is 35.4 Å². The first-order valence-electron chi connectivity index (χ1n) is 8.70. The van der Waals surface area contributed by atoms with Crippen LogP contribution in [0.2, 0.25) is 0 Å². The molecule has 1 N–H and O–H groups in total. The van der Waals surface area contributed by atoms with Crippen LogP contribution in [0.4, 0.5) is 0 Å². The Balaban J connectivity index is 1.50. The molecule has 0 saturated carbocycles. The van der Waals surface area contributed by atoms with E-state index in [1.165, 1.54) is 15.4 Å². The second-order valence-corrected chi connectivity index (χ2v) is 7.37. The molecule has 0 aliphatic rings. The van der Waals surface area contributed by atoms with Crippen molar-refractivity contribution >= 4 is 11.3 Å². The van der Waals surface area contributed by atoms with Gasteiger partial charge in [0.05, 0.1) is 12.1 Å². The lowest BCUT2D eigenvalue weighted by molar-refractivity contribution is 0.284. The molecule has 0 unspecified atom stereocenters. The van der Waals surface area contributed by atoms with Crippen LogP contribution < -0.4 is 14.8 Å². The third-order valence-electron chi connectivity index (χ3n) is 3.98. The number of benzene rings is 2. The summed E-state index contributed by atoms with van der Waals surface area (Å²) in [6.45, 7) is 4.31. The Labute approximate surface area is 158 Å². The van der Waals surface area contributed by atoms with Crippen LogP contribution in [0, 0.1) is 6.92 Å². The minimum absolute atomic E-state index is 0.530. The van der Waals surface area contributed by atoms with Crippen molar-refractivity contribution in [2.75, 3.05) is 13.7 Å². The second kappa shape index (κ2) is 9.36. The van der Waals surface area contributed by atoms with Crippen LogP contribution in [0.1, 0.15) is 21.0 Å². The van der Waals surface area contributed by atoms with E-state index in [0.29, 0.717) is 6.61 Å². The Kier molecular flexibility index (Phi) is 6.63. The number of aryl methyl sites for hydroxylation is 1. The normalized spacial score (nSPS) is 10.7. The van der Waals surface area contributed by atoms with Crippen molar-refractivity contribution < 1.29 is 9.47 Å². The molecule has 0 aliphatic carbocycles. The standard InChI is InChI=1S/C21H24N2O2S/c1-16-13-23-21(26-16)10-11-22-14-18-8-9-19(20(12-18)24-2)25-15-17-6-4-3-5-7-17/h3-9,12-13,22H,10-11,14-15H2,1-2H3. The fraction of sp³-hybridized carbons (Fsp3) is 0.286. The summed E-state index contributed by atoms with van der Waals surface area (Å²) >= 11 is 1.76. The molecule has 3 aromatic rings. The van der Waals surface area contributed by atoms with E-state index in [0.717, 1.165) is 36.6 Å². The zero-order valence-electron chi connectivity index (χ0n) is 15.2. The topological polar surface area (TPSA) is 43.4 Å². The van der Waals surface area contributed by atoms with E-state index < -0.39 is 0 Å². The summed E-state index contributed by atoms with van der Waals surface area (Å²) in [5.74, 6) is 1.52. The van der Waals surface area contributed by atoms with Crippen LogP contribution in [0.5, 0.6) is 11.5 Å². The SMILES string of the molecule is COc1cc(CNCCc2ncc(C)s2)ccc1OCc1ccccc1. The van der Waals surface area contributed by atoms with Crippen LogP contribution in [0.15, 0.2) is 54.7 Å². The monoisotopic (exact) mass is 368 g/mol. The lowest BCUT2D eigenvalue weighted by Gasteiger charge is -2.12. The number of rotatable bonds is 9. The molecule has 0 saturated heterocycles. The van der Waals surface area contributed by atoms with E-state index >= 15 is 0 Å². The predicted octanol–water partition coefficient (Wildman–Crippen LogP) is 4.37. The van der Waals surface area contributed by atoms with Crippen molar-refractivity contribution in [2.45, 2.75) is 26.5 Å². The van der Waals surface area contributed by atoms with Crippen molar-refractivity contribution in [1.29, 1.82) is 0 Å². The fourth-order valence-electron chi connectivity index (χ4n) is 2.62. The molecule has 3 rings (SSSR count). The minimum Gasteiger partial charge on any atom is -0.493 e. The van der Waals surface area contributed by atoms with E-state index in [9.17, 15) is 0 Å². The molecule has 0 spiro atoms. The first-order valence-corrected chi connectivity index (χ1v) is 9.52. The molecule has 26 heavy (non-hydrogen) atoms. The fourth-order valence-corrected chi connectivity index (χ4v) is 3.41. The molecule has 1 heterocycles. The molecular weight excluding hydrogens is 344 g/mol. The first kappa shape index (κ1) is 18.4. The summed E-state index contributed by atoms with van der Waals surface area (Å²) in [6.07, 6.45) is 2.88. The lowest BCUT2D eigenvalue weighted by Crippen LogP contribution is -2.16. The molecular formula is C21H24N2O2S. The molecule has 2 aromatic carbocycles. The summed E-state index contributed by atoms with van der Waals surface area (Å²) < 4.78 is 11.4. The predicted molar refractivity (Wildman–Crippen MR) is 106 cm³/mol. The molecule has 0 aliphatic heterocycles. The van der Waals surface area contributed by atoms with Crippen molar-refractivity contribution in [2.24, 2.45) is 0 Å². The van der Waals surface area contributed by atoms with Gasteiger partial charge in [-0.2, -0.15) is 0 Å². The summed E-state index contributed by atoms with van der Waals surface area (Å²) in [5.41, 5.74) is 2.31. The molecule has 0 atom stereocenters. The van der Waals surface area contributed by atoms with E-state index in [1.54, 1.807) is 18.4 Å². The van der Waals surface area contributed by atoms with Crippen LogP contribution in [0.25, 0.3) is 0 Å². The molecule has 0 bridgehead atoms. The average Bonchev–Trinajstić information content (AvgIpc) is 3.10. The van der Waals surface area contributed by atoms with Gasteiger partial charge in [-0.15, -0.1) is 11.3 Å². The second-order valence-electron chi connectivity index (χ2n) is 6.05. The van der Waals surface area contributed by atoms with Gasteiger partial charge in [-0.05, 0) is 30.2 Å². The lowest BCUT2D eigenvalue weighted by atomic mass is 10.2. The zero-order valence-corrected chi connectivity index (χ0v) is 16.0. The quantitative estimate of drug-likeness (QED) is 0.570. The molecule has 136 valence electrons. The number of nitrogens with one attached hydrogen (secondary N) is 1. The minimum atomic E-state index is 0.530. The number of ether oxygens (including phenoxy) is 2. The highest BCUT2D eigenvalue weighted by atomic mass is 32.1. The summed E-state index contributed by atoms with van der Waals surface area (Å²) in [5, 5.41) is 4.64. The maximum atomic E-state index is 5.90. The Morgan fingerprint density at radius 1 is 1.04 bits per heavy atom. The van der Waals surface area contributed by atoms with Gasteiger partial charge in [0, 0.05) is 30.6 Å². The van der Waals surface area contributed by atoms with Gasteiger partial charge in [0.1, 0.15) is 6.61 Å². The van der Waals surface area contributed by atoms with Crippen molar-refractivity contribution in [3.05, 3.63) is 75.7 Å². The van der Waals surface area contributed by atoms with Crippen LogP contribution in [0.3, 0.4) is 0 Å². The Bertz CT molecular complexity index is 818. The van der Waals surface area contributed by atoms with Gasteiger partial charge < -0.3 is 14.8 Å². The van der Waals surface area contributed by atoms with Crippen molar-refractivity contribution in [1.82, 2.24) is 10.3 Å². The van der Waals surface area contributed by atoms with Crippen molar-refractivity contribution in [3.8, 4) is 11.5 Å². The zero-order chi connectivity index (χ0) is 18.2. The maximum Gasteiger partial charge on any atom is 0.161 e. The number of hydrogen-bond acceptors (Lipinski definition) is 5. The first-order chi connectivity index (χ1) is 12.7. The highest BCUT2D eigenvalue weighted by molar-refractivity contribution is 7.11. The van der Waals surface area contributed by atoms with Gasteiger partial charge in [-0.25, -0.2) is 4.98 Å². The number of nitrogens with zero attached hydrogens (tertiary/aromatic N) is 1. The molecule has 0 fully saturated rings. The van der Waals surface area contributed by atoms with E-state index in [4.69, 9.17) is 9.47 Å². The summed E-state index contributed by atoms with van der Waals surface area (Å²) in [7, 11) is 1.67. The third-order valence-corrected chi connectivity index (χ3v) is 4.95. The summed E-state index contributed by atoms with van der Waals surface area (Å²) in [6, 6.07) is 16.2. The van der Waals surface area contributed by atoms with Gasteiger partial charge in [0.2, 0.25) is 0 Å². The third kappa shape index (κ3) is 5.31. The van der Waals surface area contributed by atoms with E-state index in [1.807, 2.05) is 36.5 Å². The number of hydrogen-bond donors (Lipinski definition) is 1. The van der Waals surface area contributed by atoms with E-state index in [-0.39, 0.29) is 0 Å². The van der Waals surface area contributed by atoms with Crippen LogP contribution in [-0.2, 0) is 19.6 Å². The largest absolute Gasteiger partial charge is 0.493 e. The van der Waals surface area contributed by atoms with Crippen LogP contribution >= 0.6 is 11.3 Å². The summed E-state index contributed by atoms with van der Waals surface area (Å²) in [4.78, 5) is 5.65. The Morgan fingerprint density at radius 2 is 1.88 bits per heavy atom. The number of thiazole rings is 1. The molecule has 0 radical (unpaired) electrons.